The van der Waals surface area contributed by atoms with Crippen molar-refractivity contribution in [2.45, 2.75) is 18.9 Å². The van der Waals surface area contributed by atoms with Gasteiger partial charge < -0.3 is 16.4 Å². The van der Waals surface area contributed by atoms with Gasteiger partial charge in [-0.25, -0.2) is 0 Å². The normalized spacial score (nSPS) is 21.8. The fourth-order valence-corrected chi connectivity index (χ4v) is 1.25. The van der Waals surface area contributed by atoms with Gasteiger partial charge in [-0.1, -0.05) is 0 Å². The van der Waals surface area contributed by atoms with Crippen molar-refractivity contribution >= 4 is 11.8 Å². The van der Waals surface area contributed by atoms with Crippen LogP contribution < -0.4 is 11.5 Å². The summed E-state index contributed by atoms with van der Waals surface area (Å²) in [7, 11) is 0. The standard InChI is InChI=1S/C7H13N3O2/c8-3-1-6(11)10-4-2-5(10)7(9)12/h5H,1-4,8H2,(H2,9,12). The number of carbonyl (C=O) groups excluding carboxylic acids is 2. The molecule has 1 aliphatic heterocycles. The van der Waals surface area contributed by atoms with Crippen LogP contribution in [0.3, 0.4) is 0 Å². The van der Waals surface area contributed by atoms with Gasteiger partial charge in [0.1, 0.15) is 6.04 Å². The average molecular weight is 171 g/mol. The van der Waals surface area contributed by atoms with Crippen LogP contribution in [0.1, 0.15) is 12.8 Å². The molecule has 0 aliphatic carbocycles. The van der Waals surface area contributed by atoms with Gasteiger partial charge in [0.2, 0.25) is 11.8 Å². The van der Waals surface area contributed by atoms with Crippen LogP contribution in [-0.2, 0) is 9.59 Å². The van der Waals surface area contributed by atoms with Gasteiger partial charge in [0.05, 0.1) is 0 Å². The summed E-state index contributed by atoms with van der Waals surface area (Å²) in [5.74, 6) is -0.501. The molecule has 0 radical (unpaired) electrons. The molecule has 0 bridgehead atoms. The quantitative estimate of drug-likeness (QED) is 0.537. The van der Waals surface area contributed by atoms with E-state index in [1.165, 1.54) is 4.90 Å². The first kappa shape index (κ1) is 8.99. The number of nitrogens with zero attached hydrogens (tertiary/aromatic N) is 1. The summed E-state index contributed by atoms with van der Waals surface area (Å²) in [6.07, 6.45) is 0.982. The molecule has 1 fully saturated rings. The SMILES string of the molecule is NCCC(=O)N1CCC1C(N)=O. The molecular formula is C7H13N3O2. The Labute approximate surface area is 70.7 Å². The van der Waals surface area contributed by atoms with Gasteiger partial charge >= 0.3 is 0 Å². The molecule has 1 aliphatic rings. The Bertz CT molecular complexity index is 205. The van der Waals surface area contributed by atoms with Gasteiger partial charge in [-0.3, -0.25) is 9.59 Å². The monoisotopic (exact) mass is 171 g/mol. The second-order valence-corrected chi connectivity index (χ2v) is 2.83. The average Bonchev–Trinajstić information content (AvgIpc) is 1.82. The van der Waals surface area contributed by atoms with E-state index in [-0.39, 0.29) is 11.9 Å². The molecule has 5 nitrogen and oxygen atoms in total. The maximum atomic E-state index is 11.2. The lowest BCUT2D eigenvalue weighted by molar-refractivity contribution is -0.145. The van der Waals surface area contributed by atoms with E-state index in [1.54, 1.807) is 0 Å². The third-order valence-corrected chi connectivity index (χ3v) is 2.03. The minimum atomic E-state index is -0.424. The van der Waals surface area contributed by atoms with Crippen LogP contribution >= 0.6 is 0 Å². The Morgan fingerprint density at radius 1 is 1.50 bits per heavy atom. The predicted molar refractivity (Wildman–Crippen MR) is 43.0 cm³/mol. The predicted octanol–water partition coefficient (Wildman–Crippen LogP) is -1.58. The lowest BCUT2D eigenvalue weighted by Gasteiger charge is -2.38. The molecule has 0 spiro atoms. The van der Waals surface area contributed by atoms with Gasteiger partial charge in [-0.15, -0.1) is 0 Å². The number of carbonyl (C=O) groups is 2. The number of nitrogens with two attached hydrogens (primary N) is 2. The zero-order valence-corrected chi connectivity index (χ0v) is 6.82. The van der Waals surface area contributed by atoms with E-state index in [1.807, 2.05) is 0 Å². The Balaban J connectivity index is 2.43. The summed E-state index contributed by atoms with van der Waals surface area (Å²) >= 11 is 0. The highest BCUT2D eigenvalue weighted by Gasteiger charge is 2.35. The largest absolute Gasteiger partial charge is 0.368 e. The van der Waals surface area contributed by atoms with Gasteiger partial charge in [0.15, 0.2) is 0 Å². The third-order valence-electron chi connectivity index (χ3n) is 2.03. The zero-order valence-electron chi connectivity index (χ0n) is 6.82. The first-order chi connectivity index (χ1) is 5.66. The molecule has 5 heteroatoms. The summed E-state index contributed by atoms with van der Waals surface area (Å²) in [4.78, 5) is 23.4. The molecule has 1 unspecified atom stereocenters. The van der Waals surface area contributed by atoms with Crippen molar-refractivity contribution in [1.82, 2.24) is 4.90 Å². The van der Waals surface area contributed by atoms with Crippen LogP contribution in [0.25, 0.3) is 0 Å². The Morgan fingerprint density at radius 3 is 2.50 bits per heavy atom. The molecule has 0 saturated carbocycles. The van der Waals surface area contributed by atoms with Crippen LogP contribution in [-0.4, -0.2) is 35.8 Å². The lowest BCUT2D eigenvalue weighted by atomic mass is 10.0. The first-order valence-electron chi connectivity index (χ1n) is 3.95. The van der Waals surface area contributed by atoms with E-state index < -0.39 is 5.91 Å². The highest BCUT2D eigenvalue weighted by atomic mass is 16.2. The van der Waals surface area contributed by atoms with Crippen molar-refractivity contribution < 1.29 is 9.59 Å². The number of likely N-dealkylation sites (tertiary alicyclic amines) is 1. The van der Waals surface area contributed by atoms with Crippen molar-refractivity contribution in [1.29, 1.82) is 0 Å². The Kier molecular flexibility index (Phi) is 2.65. The van der Waals surface area contributed by atoms with Crippen molar-refractivity contribution in [2.75, 3.05) is 13.1 Å². The fraction of sp³-hybridized carbons (Fsp3) is 0.714. The molecule has 1 atom stereocenters. The fourth-order valence-electron chi connectivity index (χ4n) is 1.25. The summed E-state index contributed by atoms with van der Waals surface area (Å²) in [5.41, 5.74) is 10.3. The molecule has 4 N–H and O–H groups in total. The summed E-state index contributed by atoms with van der Waals surface area (Å²) in [6, 6.07) is -0.385. The first-order valence-corrected chi connectivity index (χ1v) is 3.95. The van der Waals surface area contributed by atoms with E-state index in [9.17, 15) is 9.59 Å². The number of rotatable bonds is 3. The van der Waals surface area contributed by atoms with Gasteiger partial charge in [0.25, 0.3) is 0 Å². The van der Waals surface area contributed by atoms with Crippen LogP contribution in [0.4, 0.5) is 0 Å². The lowest BCUT2D eigenvalue weighted by Crippen LogP contribution is -2.57. The molecule has 0 aromatic heterocycles. The highest BCUT2D eigenvalue weighted by Crippen LogP contribution is 2.17. The topological polar surface area (TPSA) is 89.4 Å². The van der Waals surface area contributed by atoms with E-state index in [2.05, 4.69) is 0 Å². The van der Waals surface area contributed by atoms with Crippen molar-refractivity contribution in [3.8, 4) is 0 Å². The molecule has 12 heavy (non-hydrogen) atoms. The molecule has 2 amide bonds. The maximum absolute atomic E-state index is 11.2. The van der Waals surface area contributed by atoms with E-state index in [4.69, 9.17) is 11.5 Å². The maximum Gasteiger partial charge on any atom is 0.240 e. The van der Waals surface area contributed by atoms with Crippen molar-refractivity contribution in [3.63, 3.8) is 0 Å². The van der Waals surface area contributed by atoms with Crippen molar-refractivity contribution in [2.24, 2.45) is 11.5 Å². The Morgan fingerprint density at radius 2 is 2.17 bits per heavy atom. The van der Waals surface area contributed by atoms with E-state index >= 15 is 0 Å². The van der Waals surface area contributed by atoms with Crippen LogP contribution in [0.5, 0.6) is 0 Å². The summed E-state index contributed by atoms with van der Waals surface area (Å²) < 4.78 is 0. The summed E-state index contributed by atoms with van der Waals surface area (Å²) in [5, 5.41) is 0. The molecule has 1 rings (SSSR count). The van der Waals surface area contributed by atoms with E-state index in [0.717, 1.165) is 0 Å². The third kappa shape index (κ3) is 1.55. The molecule has 0 aromatic rings. The van der Waals surface area contributed by atoms with Gasteiger partial charge in [-0.05, 0) is 6.42 Å². The number of hydrogen-bond donors (Lipinski definition) is 2. The summed E-state index contributed by atoms with van der Waals surface area (Å²) in [6.45, 7) is 0.952. The Hall–Kier alpha value is -1.10. The second kappa shape index (κ2) is 3.53. The van der Waals surface area contributed by atoms with Crippen LogP contribution in [0.15, 0.2) is 0 Å². The second-order valence-electron chi connectivity index (χ2n) is 2.83. The molecule has 0 aromatic carbocycles. The van der Waals surface area contributed by atoms with Crippen molar-refractivity contribution in [3.05, 3.63) is 0 Å². The van der Waals surface area contributed by atoms with Gasteiger partial charge in [0, 0.05) is 19.5 Å². The zero-order chi connectivity index (χ0) is 9.14. The number of amides is 2. The number of primary amides is 1. The minimum absolute atomic E-state index is 0.0763. The molecule has 1 saturated heterocycles. The van der Waals surface area contributed by atoms with Gasteiger partial charge in [-0.2, -0.15) is 0 Å². The molecular weight excluding hydrogens is 158 g/mol. The number of hydrogen-bond acceptors (Lipinski definition) is 3. The molecule has 1 heterocycles. The van der Waals surface area contributed by atoms with Crippen LogP contribution in [0, 0.1) is 0 Å². The van der Waals surface area contributed by atoms with Crippen LogP contribution in [0.2, 0.25) is 0 Å². The van der Waals surface area contributed by atoms with E-state index in [0.29, 0.717) is 25.9 Å². The minimum Gasteiger partial charge on any atom is -0.368 e. The smallest absolute Gasteiger partial charge is 0.240 e. The highest BCUT2D eigenvalue weighted by molar-refractivity contribution is 5.88. The molecule has 68 valence electrons.